The normalized spacial score (nSPS) is 13.3. The molecule has 0 amide bonds. The van der Waals surface area contributed by atoms with E-state index in [0.29, 0.717) is 17.1 Å². The average Bonchev–Trinajstić information content (AvgIpc) is 3.20. The summed E-state index contributed by atoms with van der Waals surface area (Å²) in [5.41, 5.74) is 0.653. The molecule has 0 saturated heterocycles. The highest BCUT2D eigenvalue weighted by atomic mass is 19.2. The molecule has 0 spiro atoms. The maximum Gasteiger partial charge on any atom is 0.349 e. The van der Waals surface area contributed by atoms with E-state index in [4.69, 9.17) is 18.9 Å². The first kappa shape index (κ1) is 25.5. The minimum atomic E-state index is -2.36. The van der Waals surface area contributed by atoms with Crippen LogP contribution in [0.4, 0.5) is 22.0 Å². The van der Waals surface area contributed by atoms with Gasteiger partial charge in [0.25, 0.3) is 0 Å². The van der Waals surface area contributed by atoms with Crippen molar-refractivity contribution in [1.82, 2.24) is 0 Å². The fourth-order valence-electron chi connectivity index (χ4n) is 3.40. The van der Waals surface area contributed by atoms with Gasteiger partial charge in [-0.1, -0.05) is 12.1 Å². The van der Waals surface area contributed by atoms with E-state index in [9.17, 15) is 31.5 Å². The van der Waals surface area contributed by atoms with E-state index in [-0.39, 0.29) is 22.8 Å². The summed E-state index contributed by atoms with van der Waals surface area (Å²) in [5.74, 6) is -14.0. The van der Waals surface area contributed by atoms with Crippen LogP contribution in [0, 0.1) is 29.1 Å². The predicted octanol–water partition coefficient (Wildman–Crippen LogP) is 5.00. The van der Waals surface area contributed by atoms with Gasteiger partial charge in [0.05, 0.1) is 19.8 Å². The van der Waals surface area contributed by atoms with Crippen LogP contribution < -0.4 is 23.7 Å². The number of carbonyl (C=O) groups excluding carboxylic acids is 2. The summed E-state index contributed by atoms with van der Waals surface area (Å²) < 4.78 is 92.6. The first-order valence-electron chi connectivity index (χ1n) is 10.3. The molecule has 0 radical (unpaired) electrons. The highest BCUT2D eigenvalue weighted by molar-refractivity contribution is 6.14. The molecular formula is C25H15F5O7. The zero-order valence-electron chi connectivity index (χ0n) is 19.0. The molecule has 3 aromatic carbocycles. The Bertz CT molecular complexity index is 1420. The minimum Gasteiger partial charge on any atom is -0.493 e. The Morgan fingerprint density at radius 1 is 0.892 bits per heavy atom. The molecule has 0 saturated carbocycles. The molecule has 4 rings (SSSR count). The lowest BCUT2D eigenvalue weighted by molar-refractivity contribution is -0.136. The van der Waals surface area contributed by atoms with Gasteiger partial charge in [0.15, 0.2) is 29.6 Å². The first-order valence-corrected chi connectivity index (χ1v) is 10.3. The van der Waals surface area contributed by atoms with Gasteiger partial charge >= 0.3 is 5.97 Å². The molecule has 1 heterocycles. The van der Waals surface area contributed by atoms with Gasteiger partial charge in [0.1, 0.15) is 11.5 Å². The van der Waals surface area contributed by atoms with Crippen LogP contribution in [-0.4, -0.2) is 32.6 Å². The van der Waals surface area contributed by atoms with Crippen LogP contribution in [-0.2, 0) is 4.79 Å². The van der Waals surface area contributed by atoms with E-state index in [1.54, 1.807) is 18.2 Å². The molecule has 3 aromatic rings. The largest absolute Gasteiger partial charge is 0.493 e. The molecule has 1 aliphatic heterocycles. The Morgan fingerprint density at radius 3 is 2.22 bits per heavy atom. The minimum absolute atomic E-state index is 0.0455. The van der Waals surface area contributed by atoms with E-state index in [0.717, 1.165) is 0 Å². The number of esters is 1. The summed E-state index contributed by atoms with van der Waals surface area (Å²) in [6.07, 6.45) is 1.44. The Labute approximate surface area is 205 Å². The first-order chi connectivity index (χ1) is 17.7. The number of halogens is 5. The number of ketones is 1. The summed E-state index contributed by atoms with van der Waals surface area (Å²) in [4.78, 5) is 24.8. The van der Waals surface area contributed by atoms with Crippen LogP contribution in [0.1, 0.15) is 15.9 Å². The molecule has 192 valence electrons. The fraction of sp³-hybridized carbons (Fsp3) is 0.120. The van der Waals surface area contributed by atoms with Crippen molar-refractivity contribution in [2.24, 2.45) is 0 Å². The van der Waals surface area contributed by atoms with Gasteiger partial charge < -0.3 is 23.7 Å². The van der Waals surface area contributed by atoms with Crippen LogP contribution in [0.3, 0.4) is 0 Å². The highest BCUT2D eigenvalue weighted by Gasteiger charge is 2.30. The topological polar surface area (TPSA) is 80.3 Å². The quantitative estimate of drug-likeness (QED) is 0.108. The van der Waals surface area contributed by atoms with Crippen molar-refractivity contribution in [2.75, 3.05) is 20.8 Å². The number of fused-ring (bicyclic) bond motifs is 1. The van der Waals surface area contributed by atoms with Crippen LogP contribution in [0.15, 0.2) is 42.2 Å². The van der Waals surface area contributed by atoms with Gasteiger partial charge in [-0.3, -0.25) is 4.79 Å². The molecule has 37 heavy (non-hydrogen) atoms. The summed E-state index contributed by atoms with van der Waals surface area (Å²) >= 11 is 0. The molecule has 0 bridgehead atoms. The van der Waals surface area contributed by atoms with Crippen LogP contribution in [0.25, 0.3) is 6.08 Å². The van der Waals surface area contributed by atoms with E-state index in [2.05, 4.69) is 4.74 Å². The monoisotopic (exact) mass is 522 g/mol. The smallest absolute Gasteiger partial charge is 0.349 e. The van der Waals surface area contributed by atoms with Crippen molar-refractivity contribution in [3.05, 3.63) is 82.4 Å². The molecule has 1 aliphatic rings. The van der Waals surface area contributed by atoms with Crippen LogP contribution >= 0.6 is 0 Å². The Kier molecular flexibility index (Phi) is 7.00. The lowest BCUT2D eigenvalue weighted by atomic mass is 10.1. The van der Waals surface area contributed by atoms with Crippen molar-refractivity contribution in [3.8, 4) is 28.7 Å². The number of methoxy groups -OCH3 is 2. The van der Waals surface area contributed by atoms with Gasteiger partial charge in [0.2, 0.25) is 34.9 Å². The number of ether oxygens (including phenoxy) is 5. The van der Waals surface area contributed by atoms with Crippen molar-refractivity contribution >= 4 is 17.8 Å². The molecule has 0 atom stereocenters. The number of benzene rings is 3. The average molecular weight is 522 g/mol. The number of Topliss-reactive ketones (excluding diaryl/α,β-unsaturated/α-hetero) is 1. The fourth-order valence-corrected chi connectivity index (χ4v) is 3.40. The van der Waals surface area contributed by atoms with E-state index in [1.807, 2.05) is 0 Å². The van der Waals surface area contributed by atoms with Gasteiger partial charge in [-0.25, -0.2) is 18.0 Å². The number of rotatable bonds is 7. The van der Waals surface area contributed by atoms with Crippen LogP contribution in [0.5, 0.6) is 28.7 Å². The summed E-state index contributed by atoms with van der Waals surface area (Å²) in [6.45, 7) is -1.18. The molecule has 0 aliphatic carbocycles. The van der Waals surface area contributed by atoms with Crippen molar-refractivity contribution < 1.29 is 55.2 Å². The Balaban J connectivity index is 1.48. The lowest BCUT2D eigenvalue weighted by Crippen LogP contribution is -2.19. The maximum atomic E-state index is 13.7. The standard InChI is InChI=1S/C25H15F5O7/c1-33-14-5-3-4-11(24(14)34-2)8-16-23(32)13-7-6-12(9-15(13)37-16)36-17(31)10-35-25-21(29)19(27)18(26)20(28)22(25)30/h3-9H,10H2,1-2H3/b16-8-. The number of para-hydroxylation sites is 1. The second-order valence-electron chi connectivity index (χ2n) is 7.34. The van der Waals surface area contributed by atoms with E-state index < -0.39 is 53.2 Å². The van der Waals surface area contributed by atoms with Gasteiger partial charge in [0, 0.05) is 11.6 Å². The third-order valence-electron chi connectivity index (χ3n) is 5.10. The molecule has 0 unspecified atom stereocenters. The molecule has 0 N–H and O–H groups in total. The van der Waals surface area contributed by atoms with Crippen LogP contribution in [0.2, 0.25) is 0 Å². The van der Waals surface area contributed by atoms with Gasteiger partial charge in [-0.15, -0.1) is 0 Å². The van der Waals surface area contributed by atoms with Gasteiger partial charge in [-0.05, 0) is 24.3 Å². The SMILES string of the molecule is COc1cccc(/C=C2\Oc3cc(OC(=O)COc4c(F)c(F)c(F)c(F)c4F)ccc3C2=O)c1OC. The van der Waals surface area contributed by atoms with Crippen molar-refractivity contribution in [1.29, 1.82) is 0 Å². The number of hydrogen-bond acceptors (Lipinski definition) is 7. The number of carbonyl (C=O) groups is 2. The van der Waals surface area contributed by atoms with Crippen molar-refractivity contribution in [2.45, 2.75) is 0 Å². The zero-order valence-corrected chi connectivity index (χ0v) is 19.0. The summed E-state index contributed by atoms with van der Waals surface area (Å²) in [7, 11) is 2.89. The number of allylic oxidation sites excluding steroid dienone is 1. The molecular weight excluding hydrogens is 507 g/mol. The van der Waals surface area contributed by atoms with Crippen molar-refractivity contribution in [3.63, 3.8) is 0 Å². The third kappa shape index (κ3) is 4.77. The van der Waals surface area contributed by atoms with Gasteiger partial charge in [-0.2, -0.15) is 8.78 Å². The van der Waals surface area contributed by atoms with E-state index in [1.165, 1.54) is 38.5 Å². The molecule has 0 aromatic heterocycles. The Hall–Kier alpha value is -4.61. The second-order valence-corrected chi connectivity index (χ2v) is 7.34. The summed E-state index contributed by atoms with van der Waals surface area (Å²) in [6, 6.07) is 8.79. The third-order valence-corrected chi connectivity index (χ3v) is 5.10. The predicted molar refractivity (Wildman–Crippen MR) is 116 cm³/mol. The lowest BCUT2D eigenvalue weighted by Gasteiger charge is -2.10. The van der Waals surface area contributed by atoms with E-state index >= 15 is 0 Å². The number of hydrogen-bond donors (Lipinski definition) is 0. The summed E-state index contributed by atoms with van der Waals surface area (Å²) in [5, 5.41) is 0. The molecule has 7 nitrogen and oxygen atoms in total. The zero-order chi connectivity index (χ0) is 26.9. The second kappa shape index (κ2) is 10.2. The molecule has 12 heteroatoms. The maximum absolute atomic E-state index is 13.7. The highest BCUT2D eigenvalue weighted by Crippen LogP contribution is 2.38. The molecule has 0 fully saturated rings. The Morgan fingerprint density at radius 2 is 1.57 bits per heavy atom.